The van der Waals surface area contributed by atoms with E-state index in [0.717, 1.165) is 46.7 Å². The lowest BCUT2D eigenvalue weighted by atomic mass is 10.00. The fraction of sp³-hybridized carbons (Fsp3) is 0.303. The van der Waals surface area contributed by atoms with E-state index in [4.69, 9.17) is 21.3 Å². The Hall–Kier alpha value is -4.15. The third-order valence-corrected chi connectivity index (χ3v) is 8.40. The van der Waals surface area contributed by atoms with Crippen molar-refractivity contribution in [1.82, 2.24) is 25.4 Å². The summed E-state index contributed by atoms with van der Waals surface area (Å²) in [5.41, 5.74) is 3.97. The first-order chi connectivity index (χ1) is 21.4. The summed E-state index contributed by atoms with van der Waals surface area (Å²) >= 11 is 7.80. The van der Waals surface area contributed by atoms with Crippen molar-refractivity contribution in [2.75, 3.05) is 26.5 Å². The molecule has 2 heterocycles. The molecule has 1 atom stereocenters. The highest BCUT2D eigenvalue weighted by molar-refractivity contribution is 7.98. The Labute approximate surface area is 266 Å². The Morgan fingerprint density at radius 1 is 0.977 bits per heavy atom. The van der Waals surface area contributed by atoms with E-state index >= 15 is 0 Å². The molecule has 5 rings (SSSR count). The van der Waals surface area contributed by atoms with Crippen molar-refractivity contribution in [3.8, 4) is 11.4 Å². The maximum Gasteiger partial charge on any atom is 0.251 e. The number of unbranched alkanes of at least 4 members (excludes halogenated alkanes) is 2. The Kier molecular flexibility index (Phi) is 10.3. The number of nitrogens with zero attached hydrogens (tertiary/aromatic N) is 4. The molecule has 9 nitrogen and oxygen atoms in total. The Morgan fingerprint density at radius 3 is 2.50 bits per heavy atom. The standard InChI is InChI=1S/C33H35ClN6O3S/c1-21-38-39-32-28(20-30(41)35-16-5-4-6-17-36-33(42)23-8-7-9-26(18-23)44-3)37-31(22-10-12-24(34)13-11-22)27-19-25(43-2)14-15-29(27)40(21)32/h7-15,18-19,28H,4-6,16-17,20H2,1-3H3,(H,35,41)(H,36,42)/t28-/m0/s1. The number of hydrogen-bond donors (Lipinski definition) is 2. The van der Waals surface area contributed by atoms with Crippen molar-refractivity contribution in [2.45, 2.75) is 43.5 Å². The molecule has 2 N–H and O–H groups in total. The van der Waals surface area contributed by atoms with E-state index in [1.807, 2.05) is 84.5 Å². The molecule has 0 unspecified atom stereocenters. The van der Waals surface area contributed by atoms with Crippen molar-refractivity contribution in [3.05, 3.63) is 100 Å². The zero-order valence-corrected chi connectivity index (χ0v) is 26.5. The molecular weight excluding hydrogens is 596 g/mol. The summed E-state index contributed by atoms with van der Waals surface area (Å²) in [6.45, 7) is 3.01. The lowest BCUT2D eigenvalue weighted by molar-refractivity contribution is -0.121. The lowest BCUT2D eigenvalue weighted by Gasteiger charge is -2.14. The minimum Gasteiger partial charge on any atom is -0.497 e. The lowest BCUT2D eigenvalue weighted by Crippen LogP contribution is -2.27. The number of aromatic nitrogens is 3. The molecule has 0 aliphatic carbocycles. The summed E-state index contributed by atoms with van der Waals surface area (Å²) in [6.07, 6.45) is 4.60. The monoisotopic (exact) mass is 630 g/mol. The van der Waals surface area contributed by atoms with Gasteiger partial charge in [0.25, 0.3) is 5.91 Å². The number of halogens is 1. The zero-order chi connectivity index (χ0) is 31.1. The number of carbonyl (C=O) groups excluding carboxylic acids is 2. The summed E-state index contributed by atoms with van der Waals surface area (Å²) in [5.74, 6) is 1.81. The van der Waals surface area contributed by atoms with Gasteiger partial charge < -0.3 is 15.4 Å². The Bertz CT molecular complexity index is 1670. The SMILES string of the molecule is COc1ccc2c(c1)C(c1ccc(Cl)cc1)=N[C@@H](CC(=O)NCCCCCNC(=O)c1cccc(SC)c1)c1nnc(C)n1-2. The van der Waals surface area contributed by atoms with E-state index in [1.165, 1.54) is 0 Å². The Morgan fingerprint density at radius 2 is 1.75 bits per heavy atom. The minimum absolute atomic E-state index is 0.0696. The van der Waals surface area contributed by atoms with Gasteiger partial charge in [-0.25, -0.2) is 0 Å². The predicted octanol–water partition coefficient (Wildman–Crippen LogP) is 5.96. The number of methoxy groups -OCH3 is 1. The number of rotatable bonds is 12. The second kappa shape index (κ2) is 14.5. The van der Waals surface area contributed by atoms with Gasteiger partial charge in [-0.1, -0.05) is 29.8 Å². The highest BCUT2D eigenvalue weighted by atomic mass is 35.5. The molecule has 1 aliphatic rings. The number of aliphatic imine (C=N–C) groups is 1. The molecule has 228 valence electrons. The van der Waals surface area contributed by atoms with Gasteiger partial charge >= 0.3 is 0 Å². The normalized spacial score (nSPS) is 13.7. The number of nitrogens with one attached hydrogen (secondary N) is 2. The molecule has 4 aromatic rings. The molecule has 1 aliphatic heterocycles. The van der Waals surface area contributed by atoms with E-state index in [1.54, 1.807) is 18.9 Å². The third-order valence-electron chi connectivity index (χ3n) is 7.42. The van der Waals surface area contributed by atoms with Crippen molar-refractivity contribution >= 4 is 40.9 Å². The highest BCUT2D eigenvalue weighted by Gasteiger charge is 2.30. The van der Waals surface area contributed by atoms with Crippen LogP contribution in [0.15, 0.2) is 76.6 Å². The molecule has 11 heteroatoms. The van der Waals surface area contributed by atoms with Crippen molar-refractivity contribution in [3.63, 3.8) is 0 Å². The van der Waals surface area contributed by atoms with Gasteiger partial charge in [-0.05, 0) is 81.0 Å². The molecule has 44 heavy (non-hydrogen) atoms. The van der Waals surface area contributed by atoms with Crippen molar-refractivity contribution < 1.29 is 14.3 Å². The van der Waals surface area contributed by atoms with E-state index in [2.05, 4.69) is 20.8 Å². The molecule has 0 radical (unpaired) electrons. The third kappa shape index (κ3) is 7.31. The number of ether oxygens (including phenoxy) is 1. The minimum atomic E-state index is -0.555. The van der Waals surface area contributed by atoms with Crippen LogP contribution in [0.3, 0.4) is 0 Å². The molecule has 0 saturated heterocycles. The van der Waals surface area contributed by atoms with E-state index in [9.17, 15) is 9.59 Å². The summed E-state index contributed by atoms with van der Waals surface area (Å²) in [4.78, 5) is 31.7. The molecule has 3 aromatic carbocycles. The van der Waals surface area contributed by atoms with E-state index in [0.29, 0.717) is 41.1 Å². The average molecular weight is 631 g/mol. The molecule has 0 fully saturated rings. The Balaban J connectivity index is 1.22. The number of hydrogen-bond acceptors (Lipinski definition) is 7. The maximum atomic E-state index is 13.2. The second-order valence-corrected chi connectivity index (χ2v) is 11.7. The second-order valence-electron chi connectivity index (χ2n) is 10.4. The topological polar surface area (TPSA) is 110 Å². The number of amides is 2. The van der Waals surface area contributed by atoms with E-state index in [-0.39, 0.29) is 18.2 Å². The first-order valence-electron chi connectivity index (χ1n) is 14.5. The summed E-state index contributed by atoms with van der Waals surface area (Å²) in [6, 6.07) is 20.3. The molecule has 0 saturated carbocycles. The quantitative estimate of drug-likeness (QED) is 0.148. The van der Waals surface area contributed by atoms with Crippen LogP contribution < -0.4 is 15.4 Å². The molecular formula is C33H35ClN6O3S. The van der Waals surface area contributed by atoms with Gasteiger partial charge in [0.15, 0.2) is 5.82 Å². The van der Waals surface area contributed by atoms with Gasteiger partial charge in [0, 0.05) is 39.7 Å². The van der Waals surface area contributed by atoms with Crippen LogP contribution in [0.5, 0.6) is 5.75 Å². The highest BCUT2D eigenvalue weighted by Crippen LogP contribution is 2.34. The van der Waals surface area contributed by atoms with Crippen LogP contribution in [0.25, 0.3) is 5.69 Å². The van der Waals surface area contributed by atoms with E-state index < -0.39 is 6.04 Å². The molecule has 1 aromatic heterocycles. The predicted molar refractivity (Wildman–Crippen MR) is 175 cm³/mol. The van der Waals surface area contributed by atoms with Gasteiger partial charge in [-0.15, -0.1) is 22.0 Å². The van der Waals surface area contributed by atoms with Gasteiger partial charge in [0.1, 0.15) is 17.6 Å². The summed E-state index contributed by atoms with van der Waals surface area (Å²) in [5, 5.41) is 15.4. The van der Waals surface area contributed by atoms with Gasteiger partial charge in [0.2, 0.25) is 5.91 Å². The summed E-state index contributed by atoms with van der Waals surface area (Å²) < 4.78 is 7.50. The first kappa shape index (κ1) is 31.3. The number of thioether (sulfide) groups is 1. The largest absolute Gasteiger partial charge is 0.497 e. The van der Waals surface area contributed by atoms with Crippen LogP contribution in [-0.2, 0) is 4.79 Å². The summed E-state index contributed by atoms with van der Waals surface area (Å²) in [7, 11) is 1.63. The van der Waals surface area contributed by atoms with Crippen molar-refractivity contribution in [1.29, 1.82) is 0 Å². The molecule has 2 amide bonds. The van der Waals surface area contributed by atoms with Gasteiger partial charge in [-0.2, -0.15) is 0 Å². The van der Waals surface area contributed by atoms with Crippen LogP contribution >= 0.6 is 23.4 Å². The first-order valence-corrected chi connectivity index (χ1v) is 16.1. The number of carbonyl (C=O) groups is 2. The van der Waals surface area contributed by atoms with Crippen LogP contribution in [0.4, 0.5) is 0 Å². The van der Waals surface area contributed by atoms with Crippen LogP contribution in [0, 0.1) is 6.92 Å². The zero-order valence-electron chi connectivity index (χ0n) is 25.0. The smallest absolute Gasteiger partial charge is 0.251 e. The number of fused-ring (bicyclic) bond motifs is 3. The average Bonchev–Trinajstić information content (AvgIpc) is 3.37. The van der Waals surface area contributed by atoms with Crippen LogP contribution in [0.1, 0.15) is 64.9 Å². The van der Waals surface area contributed by atoms with Gasteiger partial charge in [-0.3, -0.25) is 19.1 Å². The number of benzene rings is 3. The van der Waals surface area contributed by atoms with Gasteiger partial charge in [0.05, 0.1) is 24.9 Å². The molecule has 0 spiro atoms. The fourth-order valence-electron chi connectivity index (χ4n) is 5.15. The fourth-order valence-corrected chi connectivity index (χ4v) is 5.73. The van der Waals surface area contributed by atoms with Crippen LogP contribution in [-0.4, -0.2) is 58.7 Å². The van der Waals surface area contributed by atoms with Crippen molar-refractivity contribution in [2.24, 2.45) is 4.99 Å². The molecule has 0 bridgehead atoms. The van der Waals surface area contributed by atoms with Crippen LogP contribution in [0.2, 0.25) is 5.02 Å². The maximum absolute atomic E-state index is 13.2. The number of aryl methyl sites for hydroxylation is 1.